The van der Waals surface area contributed by atoms with Crippen molar-refractivity contribution >= 4 is 26.9 Å². The average Bonchev–Trinajstić information content (AvgIpc) is 3.24. The Morgan fingerprint density at radius 1 is 1.10 bits per heavy atom. The van der Waals surface area contributed by atoms with E-state index in [1.165, 1.54) is 14.2 Å². The number of amides is 1. The van der Waals surface area contributed by atoms with Gasteiger partial charge in [0.1, 0.15) is 0 Å². The van der Waals surface area contributed by atoms with Crippen LogP contribution >= 0.6 is 0 Å². The highest BCUT2D eigenvalue weighted by Crippen LogP contribution is 2.40. The molecule has 1 aromatic heterocycles. The minimum Gasteiger partial charge on any atom is -0.493 e. The number of halogens is 3. The van der Waals surface area contributed by atoms with Gasteiger partial charge in [0.25, 0.3) is 10.1 Å². The van der Waals surface area contributed by atoms with Gasteiger partial charge in [0.15, 0.2) is 11.5 Å². The summed E-state index contributed by atoms with van der Waals surface area (Å²) in [7, 11) is -1.18. The number of ether oxygens (including phenoxy) is 2. The highest BCUT2D eigenvalue weighted by Gasteiger charge is 2.32. The first kappa shape index (κ1) is 29.7. The number of hydrogen-bond acceptors (Lipinski definition) is 6. The van der Waals surface area contributed by atoms with E-state index < -0.39 is 28.5 Å². The number of carbonyl (C=O) groups is 1. The van der Waals surface area contributed by atoms with Crippen LogP contribution in [0.5, 0.6) is 11.5 Å². The number of H-pyrrole nitrogens is 1. The number of rotatable bonds is 10. The number of fused-ring (bicyclic) bond motifs is 1. The van der Waals surface area contributed by atoms with Crippen molar-refractivity contribution in [1.29, 1.82) is 0 Å². The quantitative estimate of drug-likeness (QED) is 0.307. The molecule has 1 amide bonds. The van der Waals surface area contributed by atoms with Gasteiger partial charge in [0.05, 0.1) is 38.6 Å². The third-order valence-corrected chi connectivity index (χ3v) is 7.81. The maximum atomic E-state index is 13.7. The Kier molecular flexibility index (Phi) is 8.96. The third-order valence-electron chi connectivity index (χ3n) is 7.09. The van der Waals surface area contributed by atoms with E-state index in [0.717, 1.165) is 5.56 Å². The Bertz CT molecular complexity index is 1460. The van der Waals surface area contributed by atoms with E-state index in [1.807, 2.05) is 23.1 Å². The monoisotopic (exact) mass is 583 g/mol. The molecule has 0 saturated carbocycles. The zero-order valence-electron chi connectivity index (χ0n) is 22.2. The number of carbonyl (C=O) groups excluding carboxylic acids is 1. The summed E-state index contributed by atoms with van der Waals surface area (Å²) in [6.45, 7) is 1.14. The standard InChI is InChI=1S/C27H32F3N3O6S/c1-38-23-6-4-19(14-24(23)39-2)26-21(15-27(28,29)30)20-13-18(3-5-22(20)32-26)17-7-10-33(11-8-17)16-25(34)31-9-12-40(35,36)37/h3-6,13-14,17,32H,7-12,15-16H2,1-2H3,(H,31,34)(H,35,36,37). The molecule has 1 fully saturated rings. The van der Waals surface area contributed by atoms with E-state index in [1.54, 1.807) is 18.2 Å². The fourth-order valence-electron chi connectivity index (χ4n) is 5.14. The van der Waals surface area contributed by atoms with Gasteiger partial charge >= 0.3 is 6.18 Å². The Labute approximate surface area is 230 Å². The lowest BCUT2D eigenvalue weighted by Crippen LogP contribution is -2.42. The van der Waals surface area contributed by atoms with E-state index in [4.69, 9.17) is 14.0 Å². The SMILES string of the molecule is COc1ccc(-c2[nH]c3ccc(C4CCN(CC(=O)NCCS(=O)(=O)O)CC4)cc3c2CC(F)(F)F)cc1OC. The van der Waals surface area contributed by atoms with Crippen LogP contribution in [0.15, 0.2) is 36.4 Å². The summed E-state index contributed by atoms with van der Waals surface area (Å²) in [6.07, 6.45) is -4.08. The van der Waals surface area contributed by atoms with Crippen molar-refractivity contribution in [2.45, 2.75) is 31.4 Å². The van der Waals surface area contributed by atoms with Crippen LogP contribution in [-0.4, -0.2) is 81.1 Å². The van der Waals surface area contributed by atoms with Gasteiger partial charge in [-0.05, 0) is 73.3 Å². The summed E-state index contributed by atoms with van der Waals surface area (Å²) in [5.74, 6) is 0.115. The van der Waals surface area contributed by atoms with Crippen LogP contribution in [0.2, 0.25) is 0 Å². The van der Waals surface area contributed by atoms with Gasteiger partial charge in [-0.1, -0.05) is 6.07 Å². The third kappa shape index (κ3) is 7.46. The molecule has 218 valence electrons. The number of benzene rings is 2. The molecule has 0 unspecified atom stereocenters. The van der Waals surface area contributed by atoms with Crippen LogP contribution < -0.4 is 14.8 Å². The van der Waals surface area contributed by atoms with Crippen molar-refractivity contribution in [1.82, 2.24) is 15.2 Å². The van der Waals surface area contributed by atoms with Crippen LogP contribution in [-0.2, 0) is 21.3 Å². The van der Waals surface area contributed by atoms with Gasteiger partial charge in [-0.3, -0.25) is 14.2 Å². The molecule has 3 N–H and O–H groups in total. The lowest BCUT2D eigenvalue weighted by atomic mass is 9.88. The van der Waals surface area contributed by atoms with Crippen LogP contribution in [0.3, 0.4) is 0 Å². The molecule has 40 heavy (non-hydrogen) atoms. The molecule has 0 radical (unpaired) electrons. The predicted molar refractivity (Wildman–Crippen MR) is 144 cm³/mol. The maximum absolute atomic E-state index is 13.7. The molecular formula is C27H32F3N3O6S. The van der Waals surface area contributed by atoms with Crippen LogP contribution in [0.4, 0.5) is 13.2 Å². The number of methoxy groups -OCH3 is 2. The number of aromatic nitrogens is 1. The van der Waals surface area contributed by atoms with Gasteiger partial charge in [-0.25, -0.2) is 0 Å². The summed E-state index contributed by atoms with van der Waals surface area (Å²) >= 11 is 0. The van der Waals surface area contributed by atoms with E-state index >= 15 is 0 Å². The lowest BCUT2D eigenvalue weighted by Gasteiger charge is -2.31. The number of aromatic amines is 1. The van der Waals surface area contributed by atoms with Gasteiger partial charge in [-0.15, -0.1) is 0 Å². The van der Waals surface area contributed by atoms with Gasteiger partial charge in [0, 0.05) is 23.0 Å². The molecule has 4 rings (SSSR count). The van der Waals surface area contributed by atoms with Crippen LogP contribution in [0.1, 0.15) is 29.9 Å². The van der Waals surface area contributed by atoms with E-state index in [-0.39, 0.29) is 30.5 Å². The molecule has 1 aliphatic heterocycles. The molecule has 2 heterocycles. The number of nitrogens with one attached hydrogen (secondary N) is 2. The number of alkyl halides is 3. The second kappa shape index (κ2) is 12.1. The highest BCUT2D eigenvalue weighted by molar-refractivity contribution is 7.85. The molecule has 0 spiro atoms. The Morgan fingerprint density at radius 3 is 2.42 bits per heavy atom. The first-order chi connectivity index (χ1) is 18.9. The number of nitrogens with zero attached hydrogens (tertiary/aromatic N) is 1. The van der Waals surface area contributed by atoms with Crippen molar-refractivity contribution in [3.63, 3.8) is 0 Å². The molecule has 0 atom stereocenters. The zero-order chi connectivity index (χ0) is 29.1. The molecule has 13 heteroatoms. The predicted octanol–water partition coefficient (Wildman–Crippen LogP) is 4.14. The number of hydrogen-bond donors (Lipinski definition) is 3. The summed E-state index contributed by atoms with van der Waals surface area (Å²) in [6, 6.07) is 10.6. The first-order valence-corrected chi connectivity index (χ1v) is 14.4. The summed E-state index contributed by atoms with van der Waals surface area (Å²) in [4.78, 5) is 17.2. The summed E-state index contributed by atoms with van der Waals surface area (Å²) in [5, 5.41) is 2.99. The van der Waals surface area contributed by atoms with Crippen LogP contribution in [0.25, 0.3) is 22.2 Å². The fourth-order valence-corrected chi connectivity index (χ4v) is 5.50. The molecular weight excluding hydrogens is 551 g/mol. The average molecular weight is 584 g/mol. The summed E-state index contributed by atoms with van der Waals surface area (Å²) < 4.78 is 82.1. The molecule has 0 aliphatic carbocycles. The highest BCUT2D eigenvalue weighted by atomic mass is 32.2. The Balaban J connectivity index is 1.53. The number of likely N-dealkylation sites (tertiary alicyclic amines) is 1. The van der Waals surface area contributed by atoms with Crippen molar-refractivity contribution in [3.05, 3.63) is 47.5 Å². The smallest absolute Gasteiger partial charge is 0.393 e. The minimum atomic E-state index is -4.41. The van der Waals surface area contributed by atoms with Gasteiger partial charge in [-0.2, -0.15) is 21.6 Å². The molecule has 1 aliphatic rings. The second-order valence-corrected chi connectivity index (χ2v) is 11.4. The van der Waals surface area contributed by atoms with Crippen molar-refractivity contribution < 1.29 is 40.4 Å². The Morgan fingerprint density at radius 2 is 1.80 bits per heavy atom. The summed E-state index contributed by atoms with van der Waals surface area (Å²) in [5.41, 5.74) is 2.63. The van der Waals surface area contributed by atoms with Crippen molar-refractivity contribution in [2.24, 2.45) is 0 Å². The number of piperidine rings is 1. The fraction of sp³-hybridized carbons (Fsp3) is 0.444. The van der Waals surface area contributed by atoms with E-state index in [0.29, 0.717) is 59.6 Å². The normalized spacial score (nSPS) is 15.3. The molecule has 2 aromatic carbocycles. The lowest BCUT2D eigenvalue weighted by molar-refractivity contribution is -0.127. The molecule has 3 aromatic rings. The van der Waals surface area contributed by atoms with Crippen LogP contribution in [0, 0.1) is 0 Å². The first-order valence-electron chi connectivity index (χ1n) is 12.7. The van der Waals surface area contributed by atoms with Gasteiger partial charge in [0.2, 0.25) is 5.91 Å². The Hall–Kier alpha value is -3.29. The van der Waals surface area contributed by atoms with Crippen molar-refractivity contribution in [3.8, 4) is 22.8 Å². The minimum absolute atomic E-state index is 0.0967. The second-order valence-electron chi connectivity index (χ2n) is 9.83. The largest absolute Gasteiger partial charge is 0.493 e. The zero-order valence-corrected chi connectivity index (χ0v) is 23.0. The maximum Gasteiger partial charge on any atom is 0.393 e. The molecule has 0 bridgehead atoms. The van der Waals surface area contributed by atoms with E-state index in [2.05, 4.69) is 10.3 Å². The van der Waals surface area contributed by atoms with E-state index in [9.17, 15) is 26.4 Å². The van der Waals surface area contributed by atoms with Crippen molar-refractivity contribution in [2.75, 3.05) is 46.2 Å². The topological polar surface area (TPSA) is 121 Å². The molecule has 9 nitrogen and oxygen atoms in total. The molecule has 1 saturated heterocycles. The van der Waals surface area contributed by atoms with Gasteiger partial charge < -0.3 is 19.8 Å².